The van der Waals surface area contributed by atoms with Crippen LogP contribution in [0.3, 0.4) is 0 Å². The topological polar surface area (TPSA) is 84.0 Å². The van der Waals surface area contributed by atoms with Crippen LogP contribution in [0, 0.1) is 5.92 Å². The summed E-state index contributed by atoms with van der Waals surface area (Å²) in [7, 11) is 0. The van der Waals surface area contributed by atoms with Crippen molar-refractivity contribution >= 4 is 23.3 Å². The first-order valence-corrected chi connectivity index (χ1v) is 8.62. The van der Waals surface area contributed by atoms with E-state index < -0.39 is 0 Å². The number of benzene rings is 1. The molecule has 2 amide bonds. The highest BCUT2D eigenvalue weighted by atomic mass is 16.2. The number of hydrogen-bond acceptors (Lipinski definition) is 4. The monoisotopic (exact) mass is 360 g/mol. The van der Waals surface area contributed by atoms with Crippen molar-refractivity contribution in [3.63, 3.8) is 0 Å². The lowest BCUT2D eigenvalue weighted by Crippen LogP contribution is -2.19. The first kappa shape index (κ1) is 18.3. The van der Waals surface area contributed by atoms with Gasteiger partial charge in [0.05, 0.1) is 11.9 Å². The minimum atomic E-state index is -0.303. The second-order valence-corrected chi connectivity index (χ2v) is 6.32. The van der Waals surface area contributed by atoms with Crippen LogP contribution in [0.5, 0.6) is 0 Å². The van der Waals surface area contributed by atoms with Gasteiger partial charge in [-0.15, -0.1) is 0 Å². The molecule has 0 bridgehead atoms. The number of carbonyl (C=O) groups excluding carboxylic acids is 2. The molecule has 3 rings (SSSR count). The number of nitrogens with one attached hydrogen (secondary N) is 2. The molecule has 6 heteroatoms. The minimum absolute atomic E-state index is 0.154. The molecule has 0 aliphatic carbocycles. The average molecular weight is 360 g/mol. The normalized spacial score (nSPS) is 10.5. The van der Waals surface area contributed by atoms with Crippen molar-refractivity contribution in [1.82, 2.24) is 9.97 Å². The lowest BCUT2D eigenvalue weighted by molar-refractivity contribution is -0.118. The molecule has 0 atom stereocenters. The van der Waals surface area contributed by atoms with Crippen LogP contribution in [0.1, 0.15) is 24.2 Å². The molecule has 2 N–H and O–H groups in total. The van der Waals surface area contributed by atoms with Crippen LogP contribution in [0.15, 0.2) is 67.1 Å². The Bertz CT molecular complexity index is 955. The predicted octanol–water partition coefficient (Wildman–Crippen LogP) is 3.99. The Morgan fingerprint density at radius 1 is 0.963 bits per heavy atom. The van der Waals surface area contributed by atoms with Gasteiger partial charge in [0.15, 0.2) is 0 Å². The summed E-state index contributed by atoms with van der Waals surface area (Å²) < 4.78 is 0. The zero-order valence-corrected chi connectivity index (χ0v) is 15.1. The van der Waals surface area contributed by atoms with Gasteiger partial charge in [0, 0.05) is 29.4 Å². The van der Waals surface area contributed by atoms with Gasteiger partial charge in [0.1, 0.15) is 5.82 Å². The van der Waals surface area contributed by atoms with Crippen LogP contribution < -0.4 is 10.6 Å². The fourth-order valence-corrected chi connectivity index (χ4v) is 2.47. The minimum Gasteiger partial charge on any atom is -0.320 e. The van der Waals surface area contributed by atoms with Gasteiger partial charge in [0.25, 0.3) is 5.91 Å². The molecule has 1 aromatic carbocycles. The summed E-state index contributed by atoms with van der Waals surface area (Å²) in [5.41, 5.74) is 2.86. The molecule has 0 fully saturated rings. The Hall–Kier alpha value is -3.54. The molecule has 27 heavy (non-hydrogen) atoms. The number of hydrogen-bond donors (Lipinski definition) is 2. The molecular formula is C21H20N4O2. The molecule has 0 radical (unpaired) electrons. The first-order chi connectivity index (χ1) is 13.0. The maximum Gasteiger partial charge on any atom is 0.255 e. The van der Waals surface area contributed by atoms with E-state index in [1.165, 1.54) is 6.20 Å². The molecule has 0 saturated carbocycles. The van der Waals surface area contributed by atoms with Crippen LogP contribution in [0.25, 0.3) is 11.1 Å². The molecule has 3 aromatic rings. The Labute approximate surface area is 157 Å². The quantitative estimate of drug-likeness (QED) is 0.720. The van der Waals surface area contributed by atoms with E-state index in [-0.39, 0.29) is 17.7 Å². The third-order valence-corrected chi connectivity index (χ3v) is 3.95. The van der Waals surface area contributed by atoms with E-state index in [2.05, 4.69) is 20.6 Å². The summed E-state index contributed by atoms with van der Waals surface area (Å²) in [5, 5.41) is 5.58. The summed E-state index contributed by atoms with van der Waals surface area (Å²) in [6.45, 7) is 3.58. The highest BCUT2D eigenvalue weighted by Gasteiger charge is 2.13. The number of rotatable bonds is 5. The van der Waals surface area contributed by atoms with E-state index >= 15 is 0 Å². The molecule has 136 valence electrons. The molecule has 2 aromatic heterocycles. The first-order valence-electron chi connectivity index (χ1n) is 8.62. The smallest absolute Gasteiger partial charge is 0.255 e. The second kappa shape index (κ2) is 8.23. The molecule has 0 aliphatic rings. The lowest BCUT2D eigenvalue weighted by atomic mass is 10.1. The summed E-state index contributed by atoms with van der Waals surface area (Å²) >= 11 is 0. The summed E-state index contributed by atoms with van der Waals surface area (Å²) in [5.74, 6) is -0.287. The van der Waals surface area contributed by atoms with Crippen molar-refractivity contribution in [2.75, 3.05) is 10.6 Å². The number of anilines is 2. The van der Waals surface area contributed by atoms with Crippen molar-refractivity contribution in [3.8, 4) is 11.1 Å². The number of aromatic nitrogens is 2. The Balaban J connectivity index is 1.82. The fraction of sp³-hybridized carbons (Fsp3) is 0.143. The van der Waals surface area contributed by atoms with Gasteiger partial charge in [-0.05, 0) is 23.8 Å². The summed E-state index contributed by atoms with van der Waals surface area (Å²) in [6, 6.07) is 14.8. The Kier molecular flexibility index (Phi) is 5.56. The zero-order chi connectivity index (χ0) is 19.2. The molecule has 0 unspecified atom stereocenters. The third kappa shape index (κ3) is 4.55. The van der Waals surface area contributed by atoms with E-state index in [0.29, 0.717) is 17.1 Å². The van der Waals surface area contributed by atoms with Crippen molar-refractivity contribution in [2.45, 2.75) is 13.8 Å². The largest absolute Gasteiger partial charge is 0.320 e. The highest BCUT2D eigenvalue weighted by Crippen LogP contribution is 2.27. The third-order valence-electron chi connectivity index (χ3n) is 3.95. The highest BCUT2D eigenvalue weighted by molar-refractivity contribution is 6.06. The predicted molar refractivity (Wildman–Crippen MR) is 105 cm³/mol. The fourth-order valence-electron chi connectivity index (χ4n) is 2.47. The SMILES string of the molecule is CC(C)C(=O)Nc1cc(C(=O)Nc2cnccc2-c2ccccc2)ccn1. The molecule has 0 saturated heterocycles. The van der Waals surface area contributed by atoms with Gasteiger partial charge >= 0.3 is 0 Å². The lowest BCUT2D eigenvalue weighted by Gasteiger charge is -2.12. The number of pyridine rings is 2. The van der Waals surface area contributed by atoms with E-state index in [1.807, 2.05) is 36.4 Å². The van der Waals surface area contributed by atoms with E-state index in [4.69, 9.17) is 0 Å². The van der Waals surface area contributed by atoms with Gasteiger partial charge in [-0.3, -0.25) is 14.6 Å². The molecule has 0 spiro atoms. The standard InChI is InChI=1S/C21H20N4O2/c1-14(2)20(26)25-19-12-16(8-11-23-19)21(27)24-18-13-22-10-9-17(18)15-6-4-3-5-7-15/h3-14H,1-2H3,(H,24,27)(H,23,25,26). The molecule has 2 heterocycles. The Morgan fingerprint density at radius 2 is 1.74 bits per heavy atom. The van der Waals surface area contributed by atoms with Crippen molar-refractivity contribution in [2.24, 2.45) is 5.92 Å². The van der Waals surface area contributed by atoms with E-state index in [1.54, 1.807) is 38.4 Å². The van der Waals surface area contributed by atoms with Gasteiger partial charge < -0.3 is 10.6 Å². The van der Waals surface area contributed by atoms with E-state index in [9.17, 15) is 9.59 Å². The maximum atomic E-state index is 12.7. The number of amides is 2. The van der Waals surface area contributed by atoms with Crippen LogP contribution >= 0.6 is 0 Å². The van der Waals surface area contributed by atoms with Crippen molar-refractivity contribution in [1.29, 1.82) is 0 Å². The maximum absolute atomic E-state index is 12.7. The van der Waals surface area contributed by atoms with Crippen LogP contribution in [0.4, 0.5) is 11.5 Å². The van der Waals surface area contributed by atoms with Gasteiger partial charge in [-0.2, -0.15) is 0 Å². The molecule has 0 aliphatic heterocycles. The van der Waals surface area contributed by atoms with Crippen LogP contribution in [0.2, 0.25) is 0 Å². The molecular weight excluding hydrogens is 340 g/mol. The van der Waals surface area contributed by atoms with Gasteiger partial charge in [-0.1, -0.05) is 44.2 Å². The van der Waals surface area contributed by atoms with Gasteiger partial charge in [-0.25, -0.2) is 4.98 Å². The second-order valence-electron chi connectivity index (χ2n) is 6.32. The summed E-state index contributed by atoms with van der Waals surface area (Å²) in [6.07, 6.45) is 4.79. The average Bonchev–Trinajstić information content (AvgIpc) is 2.69. The van der Waals surface area contributed by atoms with Crippen LogP contribution in [-0.4, -0.2) is 21.8 Å². The van der Waals surface area contributed by atoms with E-state index in [0.717, 1.165) is 11.1 Å². The van der Waals surface area contributed by atoms with Crippen molar-refractivity contribution < 1.29 is 9.59 Å². The number of nitrogens with zero attached hydrogens (tertiary/aromatic N) is 2. The zero-order valence-electron chi connectivity index (χ0n) is 15.1. The van der Waals surface area contributed by atoms with Crippen LogP contribution in [-0.2, 0) is 4.79 Å². The van der Waals surface area contributed by atoms with Crippen molar-refractivity contribution in [3.05, 3.63) is 72.7 Å². The molecule has 6 nitrogen and oxygen atoms in total. The Morgan fingerprint density at radius 3 is 2.48 bits per heavy atom. The summed E-state index contributed by atoms with van der Waals surface area (Å²) in [4.78, 5) is 32.7. The van der Waals surface area contributed by atoms with Gasteiger partial charge in [0.2, 0.25) is 5.91 Å². The number of carbonyl (C=O) groups is 2.